The number of hydrogen-bond donors (Lipinski definition) is 0. The molecule has 5 heterocycles. The number of imidazole rings is 1. The number of nitrogens with zero attached hydrogens (tertiary/aromatic N) is 4. The summed E-state index contributed by atoms with van der Waals surface area (Å²) in [6.07, 6.45) is 8.28. The van der Waals surface area contributed by atoms with Gasteiger partial charge in [-0.15, -0.1) is 29.7 Å². The van der Waals surface area contributed by atoms with Crippen LogP contribution in [-0.2, 0) is 48.1 Å². The zero-order chi connectivity index (χ0) is 63.5. The molecule has 4 aromatic heterocycles. The molecule has 0 radical (unpaired) electrons. The van der Waals surface area contributed by atoms with Crippen molar-refractivity contribution in [2.45, 2.75) is 130 Å². The van der Waals surface area contributed by atoms with Crippen LogP contribution in [0.2, 0.25) is 0 Å². The van der Waals surface area contributed by atoms with Gasteiger partial charge in [0, 0.05) is 55.1 Å². The molecule has 16 rings (SSSR count). The molecule has 0 amide bonds. The molecule has 0 unspecified atom stereocenters. The maximum Gasteiger partial charge on any atom is 0.268 e. The Kier molecular flexibility index (Phi) is 13.9. The summed E-state index contributed by atoms with van der Waals surface area (Å²) in [5.41, 5.74) is 25.2. The molecule has 0 saturated heterocycles. The van der Waals surface area contributed by atoms with E-state index in [0.717, 1.165) is 118 Å². The molecule has 14 aromatic rings. The van der Waals surface area contributed by atoms with Gasteiger partial charge in [-0.1, -0.05) is 211 Å². The number of benzene rings is 10. The van der Waals surface area contributed by atoms with Gasteiger partial charge in [-0.3, -0.25) is 4.57 Å². The van der Waals surface area contributed by atoms with Crippen molar-refractivity contribution in [1.82, 2.24) is 14.1 Å². The van der Waals surface area contributed by atoms with Crippen molar-refractivity contribution in [3.8, 4) is 84.3 Å². The summed E-state index contributed by atoms with van der Waals surface area (Å²) in [6, 6.07) is 79.2. The minimum atomic E-state index is -0.107. The van der Waals surface area contributed by atoms with Gasteiger partial charge in [0.2, 0.25) is 0 Å². The molecular formula is C86H76N4O2Pt-2. The van der Waals surface area contributed by atoms with Gasteiger partial charge in [0.15, 0.2) is 0 Å². The van der Waals surface area contributed by atoms with Crippen molar-refractivity contribution in [2.75, 3.05) is 0 Å². The van der Waals surface area contributed by atoms with E-state index in [2.05, 4.69) is 298 Å². The largest absolute Gasteiger partial charge is 0.510 e. The van der Waals surface area contributed by atoms with E-state index in [4.69, 9.17) is 14.1 Å². The monoisotopic (exact) mass is 1390 g/mol. The number of para-hydroxylation sites is 3. The summed E-state index contributed by atoms with van der Waals surface area (Å²) in [5.74, 6) is 1.96. The van der Waals surface area contributed by atoms with Gasteiger partial charge in [0.25, 0.3) is 6.33 Å². The van der Waals surface area contributed by atoms with E-state index in [-0.39, 0.29) is 48.1 Å². The Morgan fingerprint density at radius 2 is 1.06 bits per heavy atom. The van der Waals surface area contributed by atoms with Gasteiger partial charge >= 0.3 is 0 Å². The second kappa shape index (κ2) is 21.5. The van der Waals surface area contributed by atoms with Crippen LogP contribution in [0.4, 0.5) is 0 Å². The van der Waals surface area contributed by atoms with Gasteiger partial charge < -0.3 is 18.3 Å². The average Bonchev–Trinajstić information content (AvgIpc) is 1.65. The Morgan fingerprint density at radius 3 is 1.78 bits per heavy atom. The molecule has 7 heteroatoms. The number of aromatic nitrogens is 4. The second-order valence-corrected chi connectivity index (χ2v) is 30.3. The third kappa shape index (κ3) is 10.0. The van der Waals surface area contributed by atoms with Crippen LogP contribution in [0.1, 0.15) is 131 Å². The number of hydrogen-bond acceptors (Lipinski definition) is 3. The number of pyridine rings is 1. The van der Waals surface area contributed by atoms with Crippen LogP contribution in [0, 0.1) is 18.5 Å². The normalized spacial score (nSPS) is 14.3. The topological polar surface area (TPSA) is 49.0 Å². The van der Waals surface area contributed by atoms with E-state index in [1.165, 1.54) is 50.1 Å². The Hall–Kier alpha value is -9.09. The molecule has 0 bridgehead atoms. The van der Waals surface area contributed by atoms with E-state index in [9.17, 15) is 0 Å². The van der Waals surface area contributed by atoms with E-state index in [1.54, 1.807) is 0 Å². The predicted molar refractivity (Wildman–Crippen MR) is 379 cm³/mol. The van der Waals surface area contributed by atoms with Gasteiger partial charge in [0.05, 0.1) is 16.7 Å². The van der Waals surface area contributed by atoms with Crippen LogP contribution in [0.5, 0.6) is 11.5 Å². The predicted octanol–water partition coefficient (Wildman–Crippen LogP) is 22.4. The summed E-state index contributed by atoms with van der Waals surface area (Å²) < 4.78 is 20.3. The van der Waals surface area contributed by atoms with Crippen LogP contribution in [0.3, 0.4) is 0 Å². The summed E-state index contributed by atoms with van der Waals surface area (Å²) >= 11 is 0. The molecule has 93 heavy (non-hydrogen) atoms. The van der Waals surface area contributed by atoms with Crippen molar-refractivity contribution in [2.24, 2.45) is 0 Å². The van der Waals surface area contributed by atoms with Crippen LogP contribution < -0.4 is 9.30 Å². The van der Waals surface area contributed by atoms with E-state index >= 15 is 0 Å². The number of fused-ring (bicyclic) bond motifs is 14. The third-order valence-corrected chi connectivity index (χ3v) is 20.1. The summed E-state index contributed by atoms with van der Waals surface area (Å²) in [5, 5.41) is 4.37. The molecule has 1 aliphatic carbocycles. The first-order valence-corrected chi connectivity index (χ1v) is 32.6. The third-order valence-electron chi connectivity index (χ3n) is 20.1. The number of rotatable bonds is 6. The Balaban J connectivity index is 0.00000716. The van der Waals surface area contributed by atoms with E-state index < -0.39 is 0 Å². The second-order valence-electron chi connectivity index (χ2n) is 30.3. The van der Waals surface area contributed by atoms with Crippen LogP contribution >= 0.6 is 0 Å². The molecule has 0 N–H and O–H groups in total. The molecule has 2 aliphatic rings. The number of furan rings is 1. The smallest absolute Gasteiger partial charge is 0.268 e. The average molecular weight is 1390 g/mol. The summed E-state index contributed by atoms with van der Waals surface area (Å²) in [7, 11) is 0. The first-order chi connectivity index (χ1) is 43.9. The Morgan fingerprint density at radius 1 is 0.462 bits per heavy atom. The van der Waals surface area contributed by atoms with Gasteiger partial charge in [-0.2, -0.15) is 18.2 Å². The van der Waals surface area contributed by atoms with Crippen LogP contribution in [0.15, 0.2) is 205 Å². The molecule has 0 atom stereocenters. The fraction of sp³-hybridized carbons (Fsp3) is 0.233. The molecule has 0 fully saturated rings. The van der Waals surface area contributed by atoms with Crippen molar-refractivity contribution >= 4 is 54.8 Å². The molecule has 0 spiro atoms. The Bertz CT molecular complexity index is 5360. The quantitative estimate of drug-likeness (QED) is 0.123. The first kappa shape index (κ1) is 60.2. The zero-order valence-corrected chi connectivity index (χ0v) is 57.7. The van der Waals surface area contributed by atoms with Crippen LogP contribution in [-0.4, -0.2) is 14.1 Å². The molecule has 464 valence electrons. The first-order valence-electron chi connectivity index (χ1n) is 32.6. The van der Waals surface area contributed by atoms with Gasteiger partial charge in [-0.05, 0) is 183 Å². The molecular weight excluding hydrogens is 1320 g/mol. The van der Waals surface area contributed by atoms with Gasteiger partial charge in [0.1, 0.15) is 17.0 Å². The fourth-order valence-electron chi connectivity index (χ4n) is 14.7. The van der Waals surface area contributed by atoms with Crippen molar-refractivity contribution in [3.05, 3.63) is 247 Å². The zero-order valence-electron chi connectivity index (χ0n) is 55.4. The van der Waals surface area contributed by atoms with Gasteiger partial charge in [-0.25, -0.2) is 4.98 Å². The minimum Gasteiger partial charge on any atom is -0.510 e. The summed E-state index contributed by atoms with van der Waals surface area (Å²) in [6.45, 7) is 30.4. The molecule has 0 saturated carbocycles. The maximum atomic E-state index is 7.00. The maximum absolute atomic E-state index is 7.00. The molecule has 1 aliphatic heterocycles. The van der Waals surface area contributed by atoms with E-state index in [0.29, 0.717) is 11.5 Å². The van der Waals surface area contributed by atoms with E-state index in [1.807, 2.05) is 24.4 Å². The van der Waals surface area contributed by atoms with Crippen molar-refractivity contribution in [1.29, 1.82) is 0 Å². The van der Waals surface area contributed by atoms with Crippen molar-refractivity contribution < 1.29 is 34.8 Å². The Labute approximate surface area is 560 Å². The SMILES string of the molecule is CC(C)(C)c1cc(-c2cc3c4c(c2)n(-c2[c-]c(Oc5[c-]c6c(cc5)c5ccccc5n6-c5cc(C(C)(C)C)ccn5)ccc2)[c-][n+]4-c2c(-c4ccc5oc6ccccc6c5c4)cccc2-c2cc4c(cc2-c2ccccc2-3)C(C)(C)CCC4(C)C)cc(C(C)(C)C)c1.[Pt]. The fourth-order valence-corrected chi connectivity index (χ4v) is 14.7. The molecule has 6 nitrogen and oxygen atoms in total. The number of ether oxygens (including phenoxy) is 1. The molecule has 10 aromatic carbocycles. The standard InChI is InChI=1S/C86H76N4O2.Pt/c1-82(2,3)55-36-39-87-79(46-55)90-74-30-18-16-26-64(74)65-34-33-60(48-75(65)90)91-59-23-20-22-58(47-59)88-51-89-80-61(52-32-35-78-70(42-52)66-27-17-19-31-77(66)92-78)28-21-29-67(80)69-50-73-72(85(10,11)37-38-86(73,12)13)49-68(69)62-24-14-15-25-63(62)71-43-54(44-76(88)81(71)89)53-40-56(83(4,5)6)45-57(41-53)84(7,8)9;/h14-36,39-46,49-50H,37-38H2,1-13H3;/q-2;. The summed E-state index contributed by atoms with van der Waals surface area (Å²) in [4.78, 5) is 4.96. The van der Waals surface area contributed by atoms with Crippen molar-refractivity contribution in [3.63, 3.8) is 0 Å². The van der Waals surface area contributed by atoms with Crippen LogP contribution in [0.25, 0.3) is 128 Å². The minimum absolute atomic E-state index is 0.